The Morgan fingerprint density at radius 2 is 1.43 bits per heavy atom. The smallest absolute Gasteiger partial charge is 0.489 e. The van der Waals surface area contributed by atoms with E-state index in [2.05, 4.69) is 14.7 Å². The molecule has 1 saturated carbocycles. The number of benzene rings is 2. The summed E-state index contributed by atoms with van der Waals surface area (Å²) in [6, 6.07) is 8.63. The van der Waals surface area contributed by atoms with E-state index in [0.29, 0.717) is 55.4 Å². The van der Waals surface area contributed by atoms with Gasteiger partial charge in [0.05, 0.1) is 63.2 Å². The standard InChI is InChI=1S/C46H54ClF2N5O17S/c1-30-33(14-15-50-39(30)5-3-17-68-46(57)69-23-19-65-21-25-71-54(60)61)27-51(34-10-11-34)44(55)41-36(32-8-6-31(7-9-32)4-2-16-66-43-38(49)13-12-37(48)42(43)47)26-35-28-72(62,63)29-40(41)52(35)45(56)67-22-18-64-20-24-70-53(58)59/h6-9,12-15,34-35,40H,2-5,10-11,16-29H2,1H3. The topological polar surface area (TPSA) is 265 Å². The van der Waals surface area contributed by atoms with E-state index in [4.69, 9.17) is 40.0 Å². The summed E-state index contributed by atoms with van der Waals surface area (Å²) >= 11 is 5.91. The summed E-state index contributed by atoms with van der Waals surface area (Å²) in [5.41, 5.74) is 4.45. The molecule has 3 aliphatic rings. The van der Waals surface area contributed by atoms with Crippen molar-refractivity contribution in [2.24, 2.45) is 0 Å². The largest absolute Gasteiger partial charge is 0.508 e. The molecule has 0 spiro atoms. The zero-order chi connectivity index (χ0) is 51.8. The summed E-state index contributed by atoms with van der Waals surface area (Å²) in [5.74, 6) is -3.37. The van der Waals surface area contributed by atoms with E-state index in [1.54, 1.807) is 17.2 Å². The Labute approximate surface area is 417 Å². The third-order valence-electron chi connectivity index (χ3n) is 11.8. The predicted molar refractivity (Wildman–Crippen MR) is 248 cm³/mol. The molecular weight excluding hydrogens is 1000 g/mol. The number of carbonyl (C=O) groups excluding carboxylic acids is 3. The summed E-state index contributed by atoms with van der Waals surface area (Å²) in [4.78, 5) is 77.9. The number of pyridine rings is 1. The Balaban J connectivity index is 1.18. The third-order valence-corrected chi connectivity index (χ3v) is 13.9. The highest BCUT2D eigenvalue weighted by Crippen LogP contribution is 2.42. The number of hydrogen-bond donors (Lipinski definition) is 0. The van der Waals surface area contributed by atoms with Gasteiger partial charge in [0.25, 0.3) is 16.1 Å². The van der Waals surface area contributed by atoms with Crippen LogP contribution in [0.3, 0.4) is 0 Å². The van der Waals surface area contributed by atoms with Gasteiger partial charge in [-0.3, -0.25) is 14.7 Å². The lowest BCUT2D eigenvalue weighted by atomic mass is 9.84. The van der Waals surface area contributed by atoms with Gasteiger partial charge in [0.2, 0.25) is 0 Å². The molecule has 22 nitrogen and oxygen atoms in total. The van der Waals surface area contributed by atoms with Crippen molar-refractivity contribution < 1.29 is 79.9 Å². The maximum atomic E-state index is 15.3. The van der Waals surface area contributed by atoms with Crippen molar-refractivity contribution in [2.75, 3.05) is 77.6 Å². The zero-order valence-electron chi connectivity index (χ0n) is 39.2. The zero-order valence-corrected chi connectivity index (χ0v) is 40.8. The SMILES string of the molecule is Cc1c(CN(C(=O)C2=C(c3ccc(CCCOc4c(F)ccc(F)c4Cl)cc3)CC3CS(=O)(=O)CC2N3C(=O)OCCOCCO[N+](=O)[O-])C2CC2)ccnc1CCCOC(=O)OCCOCCO[N+](=O)[O-]. The van der Waals surface area contributed by atoms with Gasteiger partial charge in [-0.15, -0.1) is 20.2 Å². The Morgan fingerprint density at radius 1 is 0.806 bits per heavy atom. The fraction of sp³-hybridized carbons (Fsp3) is 0.522. The summed E-state index contributed by atoms with van der Waals surface area (Å²) < 4.78 is 86.8. The number of halogens is 3. The molecule has 1 saturated heterocycles. The second-order valence-corrected chi connectivity index (χ2v) is 19.3. The Hall–Kier alpha value is -6.44. The number of sulfone groups is 1. The minimum absolute atomic E-state index is 0.00397. The first-order valence-electron chi connectivity index (χ1n) is 23.0. The average molecular weight is 1050 g/mol. The Kier molecular flexibility index (Phi) is 20.1. The van der Waals surface area contributed by atoms with Gasteiger partial charge in [-0.2, -0.15) is 0 Å². The summed E-state index contributed by atoms with van der Waals surface area (Å²) in [6.07, 6.45) is 2.86. The average Bonchev–Trinajstić information content (AvgIpc) is 4.18. The van der Waals surface area contributed by atoms with Gasteiger partial charge in [-0.25, -0.2) is 26.8 Å². The summed E-state index contributed by atoms with van der Waals surface area (Å²) in [7, 11) is -3.79. The van der Waals surface area contributed by atoms with Gasteiger partial charge >= 0.3 is 12.2 Å². The van der Waals surface area contributed by atoms with Crippen LogP contribution in [-0.2, 0) is 67.4 Å². The highest BCUT2D eigenvalue weighted by atomic mass is 35.5. The Morgan fingerprint density at radius 3 is 2.10 bits per heavy atom. The molecule has 26 heteroatoms. The molecule has 2 fully saturated rings. The first kappa shape index (κ1) is 54.9. The maximum Gasteiger partial charge on any atom is 0.508 e. The van der Waals surface area contributed by atoms with Crippen molar-refractivity contribution in [2.45, 2.75) is 76.5 Å². The highest BCUT2D eigenvalue weighted by molar-refractivity contribution is 7.91. The number of carbonyl (C=O) groups is 3. The fourth-order valence-electron chi connectivity index (χ4n) is 8.30. The number of hydrogen-bond acceptors (Lipinski definition) is 18. The molecule has 2 atom stereocenters. The normalized spacial score (nSPS) is 16.9. The molecule has 2 amide bonds. The number of rotatable bonds is 28. The molecule has 0 N–H and O–H groups in total. The lowest BCUT2D eigenvalue weighted by Crippen LogP contribution is -2.61. The molecule has 72 heavy (non-hydrogen) atoms. The third kappa shape index (κ3) is 15.8. The van der Waals surface area contributed by atoms with Crippen LogP contribution in [0.4, 0.5) is 18.4 Å². The first-order valence-corrected chi connectivity index (χ1v) is 25.2. The number of amides is 2. The first-order chi connectivity index (χ1) is 34.5. The van der Waals surface area contributed by atoms with E-state index in [1.807, 2.05) is 31.2 Å². The minimum atomic E-state index is -3.79. The van der Waals surface area contributed by atoms with Crippen LogP contribution in [0.1, 0.15) is 60.1 Å². The molecule has 1 aliphatic carbocycles. The second kappa shape index (κ2) is 26.3. The second-order valence-electron chi connectivity index (χ2n) is 16.8. The van der Waals surface area contributed by atoms with Crippen molar-refractivity contribution in [3.8, 4) is 5.75 Å². The van der Waals surface area contributed by atoms with Crippen molar-refractivity contribution in [1.82, 2.24) is 14.8 Å². The van der Waals surface area contributed by atoms with Gasteiger partial charge in [-0.1, -0.05) is 35.9 Å². The van der Waals surface area contributed by atoms with E-state index in [-0.39, 0.29) is 102 Å². The quantitative estimate of drug-likeness (QED) is 0.0272. The van der Waals surface area contributed by atoms with Crippen LogP contribution in [0.2, 0.25) is 5.02 Å². The van der Waals surface area contributed by atoms with Gasteiger partial charge in [0.1, 0.15) is 37.3 Å². The molecule has 6 rings (SSSR count). The van der Waals surface area contributed by atoms with Crippen molar-refractivity contribution in [1.29, 1.82) is 0 Å². The molecule has 3 heterocycles. The molecule has 392 valence electrons. The minimum Gasteiger partial charge on any atom is -0.489 e. The number of aryl methyl sites for hydroxylation is 2. The molecule has 2 bridgehead atoms. The molecule has 2 aliphatic heterocycles. The van der Waals surface area contributed by atoms with Crippen LogP contribution in [0.25, 0.3) is 5.57 Å². The molecular formula is C46H54ClF2N5O17S. The molecule has 2 unspecified atom stereocenters. The van der Waals surface area contributed by atoms with E-state index >= 15 is 4.79 Å². The summed E-state index contributed by atoms with van der Waals surface area (Å²) in [5, 5.41) is 18.3. The number of nitrogens with zero attached hydrogens (tertiary/aromatic N) is 5. The van der Waals surface area contributed by atoms with Gasteiger partial charge in [0, 0.05) is 30.1 Å². The van der Waals surface area contributed by atoms with Crippen molar-refractivity contribution in [3.63, 3.8) is 0 Å². The van der Waals surface area contributed by atoms with E-state index in [0.717, 1.165) is 28.8 Å². The number of aromatic nitrogens is 1. The van der Waals surface area contributed by atoms with Crippen LogP contribution in [-0.4, -0.2) is 147 Å². The van der Waals surface area contributed by atoms with E-state index < -0.39 is 72.7 Å². The van der Waals surface area contributed by atoms with Crippen LogP contribution in [0.5, 0.6) is 5.75 Å². The molecule has 1 aromatic heterocycles. The van der Waals surface area contributed by atoms with Crippen molar-refractivity contribution in [3.05, 3.63) is 119 Å². The van der Waals surface area contributed by atoms with Gasteiger partial charge in [0.15, 0.2) is 21.4 Å². The Bertz CT molecular complexity index is 2560. The predicted octanol–water partition coefficient (Wildman–Crippen LogP) is 5.82. The monoisotopic (exact) mass is 1050 g/mol. The van der Waals surface area contributed by atoms with Crippen LogP contribution >= 0.6 is 11.6 Å². The molecule has 0 radical (unpaired) electrons. The number of fused-ring (bicyclic) bond motifs is 2. The maximum absolute atomic E-state index is 15.3. The van der Waals surface area contributed by atoms with E-state index in [9.17, 15) is 47.0 Å². The lowest BCUT2D eigenvalue weighted by Gasteiger charge is -2.47. The molecule has 2 aromatic carbocycles. The highest BCUT2D eigenvalue weighted by Gasteiger charge is 2.51. The van der Waals surface area contributed by atoms with Crippen LogP contribution in [0.15, 0.2) is 54.2 Å². The lowest BCUT2D eigenvalue weighted by molar-refractivity contribution is -0.758. The molecule has 3 aromatic rings. The van der Waals surface area contributed by atoms with Crippen LogP contribution in [0, 0.1) is 38.8 Å². The van der Waals surface area contributed by atoms with Crippen molar-refractivity contribution >= 4 is 45.2 Å². The van der Waals surface area contributed by atoms with Gasteiger partial charge in [-0.05, 0) is 97.9 Å². The fourth-order valence-corrected chi connectivity index (χ4v) is 10.3. The number of ether oxygens (including phenoxy) is 6. The van der Waals surface area contributed by atoms with Gasteiger partial charge < -0.3 is 43.0 Å². The van der Waals surface area contributed by atoms with Crippen LogP contribution < -0.4 is 4.74 Å². The summed E-state index contributed by atoms with van der Waals surface area (Å²) in [6.45, 7) is 0.646. The van der Waals surface area contributed by atoms with E-state index in [1.165, 1.54) is 4.90 Å².